The molecule has 1 aromatic rings. The number of piperidine rings is 1. The molecule has 1 amide bonds. The molecule has 2 aliphatic rings. The minimum absolute atomic E-state index is 0.0339. The Labute approximate surface area is 161 Å². The van der Waals surface area contributed by atoms with Crippen molar-refractivity contribution in [3.8, 4) is 0 Å². The molecule has 0 radical (unpaired) electrons. The second-order valence-electron chi connectivity index (χ2n) is 8.29. The van der Waals surface area contributed by atoms with E-state index in [0.717, 1.165) is 19.3 Å². The fraction of sp³-hybridized carbons (Fsp3) is 0.611. The minimum atomic E-state index is -0.543. The molecule has 2 unspecified atom stereocenters. The van der Waals surface area contributed by atoms with Crippen molar-refractivity contribution in [1.29, 1.82) is 0 Å². The molecule has 7 nitrogen and oxygen atoms in total. The van der Waals surface area contributed by atoms with Crippen molar-refractivity contribution >= 4 is 33.4 Å². The molecule has 2 bridgehead atoms. The van der Waals surface area contributed by atoms with Gasteiger partial charge < -0.3 is 15.0 Å². The number of nitro groups is 1. The average molecular weight is 426 g/mol. The van der Waals surface area contributed by atoms with E-state index in [1.54, 1.807) is 17.0 Å². The maximum absolute atomic E-state index is 12.5. The Hall–Kier alpha value is -1.83. The van der Waals surface area contributed by atoms with Crippen LogP contribution >= 0.6 is 15.9 Å². The van der Waals surface area contributed by atoms with Crippen molar-refractivity contribution in [1.82, 2.24) is 4.90 Å². The van der Waals surface area contributed by atoms with Gasteiger partial charge >= 0.3 is 6.09 Å². The van der Waals surface area contributed by atoms with Crippen molar-refractivity contribution in [2.45, 2.75) is 51.2 Å². The van der Waals surface area contributed by atoms with Crippen LogP contribution in [0.1, 0.15) is 40.0 Å². The van der Waals surface area contributed by atoms with Crippen molar-refractivity contribution < 1.29 is 14.5 Å². The summed E-state index contributed by atoms with van der Waals surface area (Å²) in [5, 5.41) is 14.8. The van der Waals surface area contributed by atoms with Gasteiger partial charge in [-0.05, 0) is 58.1 Å². The van der Waals surface area contributed by atoms with E-state index in [9.17, 15) is 14.9 Å². The molecular formula is C18H24BrN3O4. The number of likely N-dealkylation sites (tertiary alicyclic amines) is 1. The number of amides is 1. The van der Waals surface area contributed by atoms with Crippen LogP contribution in [0.4, 0.5) is 16.2 Å². The number of hydrogen-bond donors (Lipinski definition) is 1. The summed E-state index contributed by atoms with van der Waals surface area (Å²) in [4.78, 5) is 25.3. The first-order valence-electron chi connectivity index (χ1n) is 8.77. The molecule has 1 aliphatic heterocycles. The highest BCUT2D eigenvalue weighted by atomic mass is 79.9. The molecule has 0 spiro atoms. The zero-order chi connectivity index (χ0) is 19.1. The summed E-state index contributed by atoms with van der Waals surface area (Å²) in [5.41, 5.74) is -0.367. The standard InChI is InChI=1S/C18H24BrN3O4/c1-17(2,3)26-16(23)21-10-12-6-7-18(9-12,11-21)20-14-5-4-13(19)8-15(14)22(24)25/h4-5,8,12,20H,6-7,9-11H2,1-3H3. The van der Waals surface area contributed by atoms with Gasteiger partial charge in [0, 0.05) is 23.6 Å². The van der Waals surface area contributed by atoms with E-state index in [2.05, 4.69) is 21.2 Å². The number of nitro benzene ring substituents is 1. The molecule has 3 rings (SSSR count). The van der Waals surface area contributed by atoms with Crippen LogP contribution in [-0.2, 0) is 4.74 Å². The van der Waals surface area contributed by atoms with Crippen LogP contribution in [0.25, 0.3) is 0 Å². The Morgan fingerprint density at radius 2 is 2.19 bits per heavy atom. The highest BCUT2D eigenvalue weighted by Crippen LogP contribution is 2.44. The predicted octanol–water partition coefficient (Wildman–Crippen LogP) is 4.56. The molecule has 142 valence electrons. The number of ether oxygens (including phenoxy) is 1. The van der Waals surface area contributed by atoms with Gasteiger partial charge in [-0.25, -0.2) is 4.79 Å². The quantitative estimate of drug-likeness (QED) is 0.566. The normalized spacial score (nSPS) is 25.1. The predicted molar refractivity (Wildman–Crippen MR) is 102 cm³/mol. The first-order valence-corrected chi connectivity index (χ1v) is 9.56. The van der Waals surface area contributed by atoms with Crippen molar-refractivity contribution in [3.05, 3.63) is 32.8 Å². The summed E-state index contributed by atoms with van der Waals surface area (Å²) < 4.78 is 6.18. The SMILES string of the molecule is CC(C)(C)OC(=O)N1CC2CCC(Nc3ccc(Br)cc3[N+](=O)[O-])(C2)C1. The lowest BCUT2D eigenvalue weighted by atomic mass is 9.90. The van der Waals surface area contributed by atoms with Gasteiger partial charge in [-0.15, -0.1) is 0 Å². The Kier molecular flexibility index (Phi) is 4.90. The highest BCUT2D eigenvalue weighted by Gasteiger charge is 2.47. The monoisotopic (exact) mass is 425 g/mol. The molecule has 1 saturated carbocycles. The van der Waals surface area contributed by atoms with Crippen molar-refractivity contribution in [2.24, 2.45) is 5.92 Å². The van der Waals surface area contributed by atoms with Crippen LogP contribution in [0.5, 0.6) is 0 Å². The van der Waals surface area contributed by atoms with E-state index < -0.39 is 5.60 Å². The summed E-state index contributed by atoms with van der Waals surface area (Å²) in [7, 11) is 0. The zero-order valence-corrected chi connectivity index (χ0v) is 16.8. The van der Waals surface area contributed by atoms with E-state index in [1.807, 2.05) is 20.8 Å². The summed E-state index contributed by atoms with van der Waals surface area (Å²) >= 11 is 3.28. The number of carbonyl (C=O) groups excluding carboxylic acids is 1. The van der Waals surface area contributed by atoms with Gasteiger partial charge in [0.25, 0.3) is 5.69 Å². The Morgan fingerprint density at radius 3 is 2.85 bits per heavy atom. The Morgan fingerprint density at radius 1 is 1.46 bits per heavy atom. The second kappa shape index (κ2) is 6.72. The number of anilines is 1. The van der Waals surface area contributed by atoms with Gasteiger partial charge in [-0.1, -0.05) is 15.9 Å². The van der Waals surface area contributed by atoms with Gasteiger partial charge in [0.05, 0.1) is 10.5 Å². The fourth-order valence-electron chi connectivity index (χ4n) is 3.94. The minimum Gasteiger partial charge on any atom is -0.444 e. The lowest BCUT2D eigenvalue weighted by Crippen LogP contribution is -2.54. The molecule has 1 aliphatic carbocycles. The second-order valence-corrected chi connectivity index (χ2v) is 9.21. The van der Waals surface area contributed by atoms with E-state index in [-0.39, 0.29) is 22.2 Å². The molecule has 8 heteroatoms. The van der Waals surface area contributed by atoms with Crippen LogP contribution in [0.2, 0.25) is 0 Å². The van der Waals surface area contributed by atoms with Gasteiger partial charge in [0.1, 0.15) is 11.3 Å². The van der Waals surface area contributed by atoms with Crippen LogP contribution in [0, 0.1) is 16.0 Å². The van der Waals surface area contributed by atoms with E-state index >= 15 is 0 Å². The largest absolute Gasteiger partial charge is 0.444 e. The van der Waals surface area contributed by atoms with E-state index in [0.29, 0.717) is 29.2 Å². The van der Waals surface area contributed by atoms with E-state index in [1.165, 1.54) is 6.07 Å². The van der Waals surface area contributed by atoms with Gasteiger partial charge in [-0.3, -0.25) is 10.1 Å². The lowest BCUT2D eigenvalue weighted by Gasteiger charge is -2.41. The molecule has 1 N–H and O–H groups in total. The molecule has 1 saturated heterocycles. The summed E-state index contributed by atoms with van der Waals surface area (Å²) in [6.45, 7) is 6.72. The van der Waals surface area contributed by atoms with Crippen molar-refractivity contribution in [2.75, 3.05) is 18.4 Å². The summed E-state index contributed by atoms with van der Waals surface area (Å²) in [6.07, 6.45) is 2.46. The third kappa shape index (κ3) is 4.11. The lowest BCUT2D eigenvalue weighted by molar-refractivity contribution is -0.384. The Balaban J connectivity index is 1.81. The summed E-state index contributed by atoms with van der Waals surface area (Å²) in [5.74, 6) is 0.387. The molecule has 26 heavy (non-hydrogen) atoms. The zero-order valence-electron chi connectivity index (χ0n) is 15.3. The number of hydrogen-bond acceptors (Lipinski definition) is 5. The number of carbonyl (C=O) groups is 1. The molecule has 1 aromatic carbocycles. The molecule has 2 atom stereocenters. The third-order valence-electron chi connectivity index (χ3n) is 4.89. The third-order valence-corrected chi connectivity index (χ3v) is 5.38. The molecule has 1 heterocycles. The maximum Gasteiger partial charge on any atom is 0.410 e. The molecular weight excluding hydrogens is 402 g/mol. The number of rotatable bonds is 3. The van der Waals surface area contributed by atoms with Crippen LogP contribution in [-0.4, -0.2) is 40.1 Å². The van der Waals surface area contributed by atoms with Gasteiger partial charge in [-0.2, -0.15) is 0 Å². The molecule has 2 fully saturated rings. The topological polar surface area (TPSA) is 84.7 Å². The maximum atomic E-state index is 12.5. The van der Waals surface area contributed by atoms with Gasteiger partial charge in [0.15, 0.2) is 0 Å². The number of benzene rings is 1. The van der Waals surface area contributed by atoms with Crippen LogP contribution < -0.4 is 5.32 Å². The van der Waals surface area contributed by atoms with E-state index in [4.69, 9.17) is 4.74 Å². The van der Waals surface area contributed by atoms with Crippen molar-refractivity contribution in [3.63, 3.8) is 0 Å². The first-order chi connectivity index (χ1) is 12.1. The Bertz CT molecular complexity index is 734. The van der Waals surface area contributed by atoms with Crippen LogP contribution in [0.3, 0.4) is 0 Å². The van der Waals surface area contributed by atoms with Gasteiger partial charge in [0.2, 0.25) is 0 Å². The summed E-state index contributed by atoms with van der Waals surface area (Å²) in [6, 6.07) is 5.00. The highest BCUT2D eigenvalue weighted by molar-refractivity contribution is 9.10. The number of halogens is 1. The number of nitrogens with zero attached hydrogens (tertiary/aromatic N) is 2. The first kappa shape index (κ1) is 18.9. The van der Waals surface area contributed by atoms with Crippen LogP contribution in [0.15, 0.2) is 22.7 Å². The smallest absolute Gasteiger partial charge is 0.410 e. The molecule has 0 aromatic heterocycles. The average Bonchev–Trinajstić information content (AvgIpc) is 2.81. The number of fused-ring (bicyclic) bond motifs is 2. The number of nitrogens with one attached hydrogen (secondary N) is 1. The fourth-order valence-corrected chi connectivity index (χ4v) is 4.29.